The molecular weight excluding hydrogens is 949 g/mol. The van der Waals surface area contributed by atoms with E-state index in [1.54, 1.807) is 0 Å². The van der Waals surface area contributed by atoms with Crippen LogP contribution in [0.5, 0.6) is 0 Å². The fourth-order valence-corrected chi connectivity index (χ4v) is 12.1. The summed E-state index contributed by atoms with van der Waals surface area (Å²) < 4.78 is 0. The third-order valence-corrected chi connectivity index (χ3v) is 16.0. The van der Waals surface area contributed by atoms with Gasteiger partial charge in [0.25, 0.3) is 0 Å². The van der Waals surface area contributed by atoms with Crippen molar-refractivity contribution in [2.75, 3.05) is 9.80 Å². The lowest BCUT2D eigenvalue weighted by molar-refractivity contribution is 0.632. The van der Waals surface area contributed by atoms with Gasteiger partial charge in [-0.1, -0.05) is 222 Å². The van der Waals surface area contributed by atoms with Crippen molar-refractivity contribution in [3.63, 3.8) is 0 Å². The van der Waals surface area contributed by atoms with Gasteiger partial charge in [-0.25, -0.2) is 19.9 Å². The van der Waals surface area contributed by atoms with E-state index in [0.717, 1.165) is 101 Å². The van der Waals surface area contributed by atoms with Gasteiger partial charge in [0.1, 0.15) is 0 Å². The fraction of sp³-hybridized carbons (Fsp3) is 0.0833. The summed E-state index contributed by atoms with van der Waals surface area (Å²) in [6.45, 7) is 9.37. The highest BCUT2D eigenvalue weighted by molar-refractivity contribution is 6.12. The maximum atomic E-state index is 5.52. The Morgan fingerprint density at radius 1 is 0.244 bits per heavy atom. The summed E-state index contributed by atoms with van der Waals surface area (Å²) in [6.07, 6.45) is 0. The molecule has 10 aromatic carbocycles. The lowest BCUT2D eigenvalue weighted by Crippen LogP contribution is -2.31. The summed E-state index contributed by atoms with van der Waals surface area (Å²) in [5.74, 6) is 1.25. The molecule has 78 heavy (non-hydrogen) atoms. The van der Waals surface area contributed by atoms with Crippen molar-refractivity contribution in [1.82, 2.24) is 19.9 Å². The molecular formula is C72H54N6. The molecule has 4 heterocycles. The maximum Gasteiger partial charge on any atom is 0.160 e. The van der Waals surface area contributed by atoms with Gasteiger partial charge in [-0.3, -0.25) is 0 Å². The van der Waals surface area contributed by atoms with Crippen molar-refractivity contribution in [2.45, 2.75) is 38.5 Å². The minimum atomic E-state index is -0.293. The van der Waals surface area contributed by atoms with E-state index in [9.17, 15) is 0 Å². The minimum absolute atomic E-state index is 0.293. The average Bonchev–Trinajstić information content (AvgIpc) is 3.68. The molecule has 0 saturated carbocycles. The van der Waals surface area contributed by atoms with Crippen molar-refractivity contribution < 1.29 is 0 Å². The van der Waals surface area contributed by atoms with E-state index in [0.29, 0.717) is 11.6 Å². The molecule has 0 N–H and O–H groups in total. The van der Waals surface area contributed by atoms with Crippen LogP contribution in [0.4, 0.5) is 34.1 Å². The van der Waals surface area contributed by atoms with Gasteiger partial charge < -0.3 is 9.80 Å². The number of hydrogen-bond donors (Lipinski definition) is 0. The quantitative estimate of drug-likeness (QED) is 0.151. The van der Waals surface area contributed by atoms with Crippen LogP contribution in [0.2, 0.25) is 0 Å². The molecule has 0 atom stereocenters. The Morgan fingerprint density at radius 2 is 0.487 bits per heavy atom. The van der Waals surface area contributed by atoms with E-state index in [1.807, 2.05) is 24.3 Å². The third kappa shape index (κ3) is 7.78. The van der Waals surface area contributed by atoms with Crippen LogP contribution >= 0.6 is 0 Å². The van der Waals surface area contributed by atoms with E-state index in [4.69, 9.17) is 19.9 Å². The Balaban J connectivity index is 1.15. The Hall–Kier alpha value is -9.78. The second-order valence-electron chi connectivity index (χ2n) is 21.5. The first kappa shape index (κ1) is 46.7. The van der Waals surface area contributed by atoms with Crippen LogP contribution in [0.15, 0.2) is 255 Å². The number of anilines is 6. The molecule has 0 bridgehead atoms. The van der Waals surface area contributed by atoms with Gasteiger partial charge in [-0.05, 0) is 82.9 Å². The normalized spacial score (nSPS) is 13.8. The predicted molar refractivity (Wildman–Crippen MR) is 321 cm³/mol. The second-order valence-corrected chi connectivity index (χ2v) is 21.5. The van der Waals surface area contributed by atoms with Crippen LogP contribution in [-0.4, -0.2) is 19.9 Å². The summed E-state index contributed by atoms with van der Waals surface area (Å²) in [4.78, 5) is 27.0. The molecule has 14 rings (SSSR count). The van der Waals surface area contributed by atoms with E-state index in [1.165, 1.54) is 22.3 Å². The van der Waals surface area contributed by atoms with Crippen LogP contribution in [-0.2, 0) is 10.8 Å². The third-order valence-electron chi connectivity index (χ3n) is 16.0. The van der Waals surface area contributed by atoms with Gasteiger partial charge in [0.15, 0.2) is 11.6 Å². The molecule has 2 aliphatic heterocycles. The van der Waals surface area contributed by atoms with Crippen molar-refractivity contribution in [3.8, 4) is 67.8 Å². The van der Waals surface area contributed by atoms with Gasteiger partial charge in [-0.15, -0.1) is 0 Å². The van der Waals surface area contributed by atoms with Crippen LogP contribution in [0.3, 0.4) is 0 Å². The summed E-state index contributed by atoms with van der Waals surface area (Å²) in [6, 6.07) is 90.8. The summed E-state index contributed by atoms with van der Waals surface area (Å²) in [5.41, 5.74) is 20.0. The van der Waals surface area contributed by atoms with Crippen molar-refractivity contribution in [3.05, 3.63) is 277 Å². The van der Waals surface area contributed by atoms with E-state index in [2.05, 4.69) is 268 Å². The Bertz CT molecular complexity index is 3780. The van der Waals surface area contributed by atoms with Crippen LogP contribution in [0.25, 0.3) is 78.6 Å². The molecule has 2 aromatic heterocycles. The maximum absolute atomic E-state index is 5.52. The minimum Gasteiger partial charge on any atom is -0.309 e. The molecule has 0 saturated heterocycles. The zero-order chi connectivity index (χ0) is 52.5. The number of fused-ring (bicyclic) bond motifs is 5. The van der Waals surface area contributed by atoms with Crippen LogP contribution in [0.1, 0.15) is 49.9 Å². The lowest BCUT2D eigenvalue weighted by atomic mass is 9.73. The molecule has 2 aliphatic rings. The second kappa shape index (κ2) is 18.5. The summed E-state index contributed by atoms with van der Waals surface area (Å²) in [7, 11) is 0. The number of benzene rings is 10. The Labute approximate surface area is 455 Å². The number of aromatic nitrogens is 4. The van der Waals surface area contributed by atoms with E-state index in [-0.39, 0.29) is 10.8 Å². The number of rotatable bonds is 8. The highest BCUT2D eigenvalue weighted by Crippen LogP contribution is 2.57. The SMILES string of the molecule is CC1(C)c2ccccc2N(c2cc(-c3nc(-c4ccccc4)cc(-c4ccccc4)n3)cc3c(N4c5ccccc5C(C)(C)c5ccccc54)cc(-c4nc(-c5ccccc5)cc(-c5ccccc5)n4)cc23)c2ccccc21. The molecule has 6 nitrogen and oxygen atoms in total. The molecule has 0 amide bonds. The molecule has 0 spiro atoms. The van der Waals surface area contributed by atoms with Crippen LogP contribution < -0.4 is 9.80 Å². The smallest absolute Gasteiger partial charge is 0.160 e. The zero-order valence-corrected chi connectivity index (χ0v) is 43.9. The van der Waals surface area contributed by atoms with Crippen molar-refractivity contribution >= 4 is 44.9 Å². The first-order chi connectivity index (χ1) is 38.2. The molecule has 0 fully saturated rings. The fourth-order valence-electron chi connectivity index (χ4n) is 12.1. The Kier molecular flexibility index (Phi) is 11.1. The lowest BCUT2D eigenvalue weighted by Gasteiger charge is -2.43. The Morgan fingerprint density at radius 3 is 0.756 bits per heavy atom. The van der Waals surface area contributed by atoms with E-state index >= 15 is 0 Å². The molecule has 0 unspecified atom stereocenters. The molecule has 0 radical (unpaired) electrons. The number of hydrogen-bond acceptors (Lipinski definition) is 6. The van der Waals surface area contributed by atoms with Gasteiger partial charge in [-0.2, -0.15) is 0 Å². The summed E-state index contributed by atoms with van der Waals surface area (Å²) >= 11 is 0. The summed E-state index contributed by atoms with van der Waals surface area (Å²) in [5, 5.41) is 2.04. The first-order valence-electron chi connectivity index (χ1n) is 26.8. The molecule has 6 heteroatoms. The average molecular weight is 1000 g/mol. The highest BCUT2D eigenvalue weighted by Gasteiger charge is 2.40. The van der Waals surface area contributed by atoms with Gasteiger partial charge in [0.05, 0.1) is 56.9 Å². The standard InChI is InChI=1S/C72H54N6/c1-71(2)55-33-17-21-37-63(55)77(64-38-22-18-34-56(64)71)67-43-51(69-73-59(47-25-9-5-10-26-47)45-60(74-69)48-27-11-6-12-28-48)42-54-53(67)41-52(70-75-61(49-29-13-7-14-30-49)46-62(76-70)50-31-15-8-16-32-50)44-68(54)78-65-39-23-19-35-57(65)72(3,4)58-36-20-24-40-66(58)78/h5-46H,1-4H3. The highest BCUT2D eigenvalue weighted by atomic mass is 15.2. The monoisotopic (exact) mass is 1000 g/mol. The molecule has 372 valence electrons. The number of nitrogens with zero attached hydrogens (tertiary/aromatic N) is 6. The zero-order valence-electron chi connectivity index (χ0n) is 43.9. The largest absolute Gasteiger partial charge is 0.309 e. The van der Waals surface area contributed by atoms with Gasteiger partial charge >= 0.3 is 0 Å². The van der Waals surface area contributed by atoms with E-state index < -0.39 is 0 Å². The van der Waals surface area contributed by atoms with Crippen molar-refractivity contribution in [1.29, 1.82) is 0 Å². The topological polar surface area (TPSA) is 58.0 Å². The number of para-hydroxylation sites is 4. The predicted octanol–water partition coefficient (Wildman–Crippen LogP) is 18.6. The van der Waals surface area contributed by atoms with Crippen LogP contribution in [0, 0.1) is 0 Å². The molecule has 0 aliphatic carbocycles. The van der Waals surface area contributed by atoms with Crippen molar-refractivity contribution in [2.24, 2.45) is 0 Å². The van der Waals surface area contributed by atoms with Gasteiger partial charge in [0, 0.05) is 55.0 Å². The van der Waals surface area contributed by atoms with Gasteiger partial charge in [0.2, 0.25) is 0 Å². The first-order valence-corrected chi connectivity index (χ1v) is 26.8. The molecule has 12 aromatic rings.